The van der Waals surface area contributed by atoms with E-state index in [-0.39, 0.29) is 12.1 Å². The number of ether oxygens (including phenoxy) is 1. The van der Waals surface area contributed by atoms with E-state index in [0.717, 1.165) is 0 Å². The lowest BCUT2D eigenvalue weighted by Gasteiger charge is -2.10. The molecule has 1 heterocycles. The van der Waals surface area contributed by atoms with E-state index in [0.29, 0.717) is 23.3 Å². The molecular formula is C13H14N2O3. The number of esters is 1. The maximum Gasteiger partial charge on any atom is 0.326 e. The second kappa shape index (κ2) is 5.00. The first-order valence-corrected chi connectivity index (χ1v) is 5.75. The Morgan fingerprint density at radius 3 is 2.83 bits per heavy atom. The van der Waals surface area contributed by atoms with Gasteiger partial charge in [0.15, 0.2) is 0 Å². The number of carbonyl (C=O) groups excluding carboxylic acids is 1. The number of hydrogen-bond acceptors (Lipinski definition) is 4. The Hall–Kier alpha value is -2.17. The Balaban J connectivity index is 2.57. The van der Waals surface area contributed by atoms with Crippen LogP contribution in [0.3, 0.4) is 0 Å². The molecular weight excluding hydrogens is 232 g/mol. The van der Waals surface area contributed by atoms with Crippen molar-refractivity contribution in [1.82, 2.24) is 9.55 Å². The monoisotopic (exact) mass is 246 g/mol. The van der Waals surface area contributed by atoms with Gasteiger partial charge >= 0.3 is 5.97 Å². The Kier molecular flexibility index (Phi) is 3.41. The van der Waals surface area contributed by atoms with Crippen LogP contribution in [0.2, 0.25) is 0 Å². The fourth-order valence-corrected chi connectivity index (χ4v) is 1.81. The van der Waals surface area contributed by atoms with Crippen molar-refractivity contribution < 1.29 is 9.53 Å². The molecule has 0 aliphatic rings. The van der Waals surface area contributed by atoms with E-state index in [9.17, 15) is 9.59 Å². The van der Waals surface area contributed by atoms with E-state index in [1.165, 1.54) is 4.57 Å². The third-order valence-electron chi connectivity index (χ3n) is 2.61. The van der Waals surface area contributed by atoms with Crippen molar-refractivity contribution in [2.45, 2.75) is 20.4 Å². The maximum atomic E-state index is 12.0. The molecule has 94 valence electrons. The lowest BCUT2D eigenvalue weighted by molar-refractivity contribution is -0.143. The third-order valence-corrected chi connectivity index (χ3v) is 2.61. The smallest absolute Gasteiger partial charge is 0.326 e. The van der Waals surface area contributed by atoms with Crippen LogP contribution in [0.5, 0.6) is 0 Å². The van der Waals surface area contributed by atoms with Gasteiger partial charge < -0.3 is 4.74 Å². The van der Waals surface area contributed by atoms with E-state index in [1.807, 2.05) is 12.1 Å². The molecule has 0 amide bonds. The van der Waals surface area contributed by atoms with Crippen molar-refractivity contribution >= 4 is 17.0 Å². The van der Waals surface area contributed by atoms with Crippen LogP contribution in [-0.4, -0.2) is 22.1 Å². The number of rotatable bonds is 3. The Bertz CT molecular complexity index is 646. The van der Waals surface area contributed by atoms with Crippen molar-refractivity contribution in [3.05, 3.63) is 40.3 Å². The molecule has 5 nitrogen and oxygen atoms in total. The van der Waals surface area contributed by atoms with E-state index in [4.69, 9.17) is 4.74 Å². The molecule has 0 saturated heterocycles. The molecule has 0 saturated carbocycles. The fraction of sp³-hybridized carbons (Fsp3) is 0.308. The molecule has 0 unspecified atom stereocenters. The fourth-order valence-electron chi connectivity index (χ4n) is 1.81. The summed E-state index contributed by atoms with van der Waals surface area (Å²) in [6.45, 7) is 3.58. The molecule has 0 aliphatic carbocycles. The number of benzene rings is 1. The van der Waals surface area contributed by atoms with E-state index in [2.05, 4.69) is 4.98 Å². The molecule has 1 aromatic carbocycles. The average molecular weight is 246 g/mol. The van der Waals surface area contributed by atoms with Gasteiger partial charge in [-0.25, -0.2) is 4.98 Å². The van der Waals surface area contributed by atoms with Crippen LogP contribution in [0.15, 0.2) is 29.1 Å². The van der Waals surface area contributed by atoms with Crippen molar-refractivity contribution in [2.75, 3.05) is 6.61 Å². The topological polar surface area (TPSA) is 61.2 Å². The molecule has 0 bridgehead atoms. The van der Waals surface area contributed by atoms with Crippen LogP contribution < -0.4 is 5.56 Å². The predicted octanol–water partition coefficient (Wildman–Crippen LogP) is 1.27. The van der Waals surface area contributed by atoms with Crippen LogP contribution in [-0.2, 0) is 16.1 Å². The zero-order valence-corrected chi connectivity index (χ0v) is 10.3. The summed E-state index contributed by atoms with van der Waals surface area (Å²) >= 11 is 0. The van der Waals surface area contributed by atoms with Gasteiger partial charge in [0.1, 0.15) is 12.2 Å². The Morgan fingerprint density at radius 1 is 1.39 bits per heavy atom. The summed E-state index contributed by atoms with van der Waals surface area (Å²) in [7, 11) is 0. The van der Waals surface area contributed by atoms with E-state index in [1.54, 1.807) is 26.0 Å². The van der Waals surface area contributed by atoms with Gasteiger partial charge in [-0.2, -0.15) is 0 Å². The quantitative estimate of drug-likeness (QED) is 0.765. The minimum atomic E-state index is -0.421. The highest BCUT2D eigenvalue weighted by Crippen LogP contribution is 2.09. The molecule has 0 atom stereocenters. The molecule has 5 heteroatoms. The number of aromatic nitrogens is 2. The normalized spacial score (nSPS) is 10.6. The molecule has 0 radical (unpaired) electrons. The standard InChI is InChI=1S/C13H14N2O3/c1-3-18-12(16)8-15-11-7-5-4-6-10(11)14-9(2)13(15)17/h4-7H,3,8H2,1-2H3. The lowest BCUT2D eigenvalue weighted by Crippen LogP contribution is -2.28. The highest BCUT2D eigenvalue weighted by Gasteiger charge is 2.11. The van der Waals surface area contributed by atoms with Gasteiger partial charge in [0.25, 0.3) is 5.56 Å². The maximum absolute atomic E-state index is 12.0. The summed E-state index contributed by atoms with van der Waals surface area (Å²) < 4.78 is 6.27. The molecule has 0 N–H and O–H groups in total. The Morgan fingerprint density at radius 2 is 2.11 bits per heavy atom. The second-order valence-electron chi connectivity index (χ2n) is 3.88. The number of aryl methyl sites for hydroxylation is 1. The first kappa shape index (κ1) is 12.3. The predicted molar refractivity (Wildman–Crippen MR) is 67.4 cm³/mol. The number of fused-ring (bicyclic) bond motifs is 1. The SMILES string of the molecule is CCOC(=O)Cn1c(=O)c(C)nc2ccccc21. The highest BCUT2D eigenvalue weighted by atomic mass is 16.5. The van der Waals surface area contributed by atoms with Crippen LogP contribution in [0, 0.1) is 6.92 Å². The van der Waals surface area contributed by atoms with E-state index < -0.39 is 5.97 Å². The zero-order chi connectivity index (χ0) is 13.1. The van der Waals surface area contributed by atoms with Crippen molar-refractivity contribution in [3.8, 4) is 0 Å². The van der Waals surface area contributed by atoms with Gasteiger partial charge in [-0.15, -0.1) is 0 Å². The molecule has 2 rings (SSSR count). The average Bonchev–Trinajstić information content (AvgIpc) is 2.35. The van der Waals surface area contributed by atoms with Gasteiger partial charge in [0, 0.05) is 0 Å². The van der Waals surface area contributed by atoms with Gasteiger partial charge in [0.2, 0.25) is 0 Å². The third kappa shape index (κ3) is 2.25. The summed E-state index contributed by atoms with van der Waals surface area (Å²) in [5, 5.41) is 0. The lowest BCUT2D eigenvalue weighted by atomic mass is 10.3. The van der Waals surface area contributed by atoms with Crippen molar-refractivity contribution in [2.24, 2.45) is 0 Å². The van der Waals surface area contributed by atoms with Crippen molar-refractivity contribution in [1.29, 1.82) is 0 Å². The summed E-state index contributed by atoms with van der Waals surface area (Å²) in [6.07, 6.45) is 0. The number of carbonyl (C=O) groups is 1. The number of nitrogens with zero attached hydrogens (tertiary/aromatic N) is 2. The first-order chi connectivity index (χ1) is 8.63. The molecule has 1 aromatic heterocycles. The zero-order valence-electron chi connectivity index (χ0n) is 10.3. The van der Waals surface area contributed by atoms with Crippen LogP contribution in [0.25, 0.3) is 11.0 Å². The van der Waals surface area contributed by atoms with Gasteiger partial charge in [-0.05, 0) is 26.0 Å². The van der Waals surface area contributed by atoms with E-state index >= 15 is 0 Å². The number of para-hydroxylation sites is 2. The molecule has 18 heavy (non-hydrogen) atoms. The Labute approximate surface area is 104 Å². The minimum Gasteiger partial charge on any atom is -0.465 e. The largest absolute Gasteiger partial charge is 0.465 e. The summed E-state index contributed by atoms with van der Waals surface area (Å²) in [6, 6.07) is 7.22. The minimum absolute atomic E-state index is 0.0868. The summed E-state index contributed by atoms with van der Waals surface area (Å²) in [5.74, 6) is -0.421. The van der Waals surface area contributed by atoms with Gasteiger partial charge in [-0.3, -0.25) is 14.2 Å². The molecule has 2 aromatic rings. The van der Waals surface area contributed by atoms with Crippen LogP contribution in [0.4, 0.5) is 0 Å². The van der Waals surface area contributed by atoms with Crippen LogP contribution in [0.1, 0.15) is 12.6 Å². The summed E-state index contributed by atoms with van der Waals surface area (Å²) in [5.41, 5.74) is 1.44. The first-order valence-electron chi connectivity index (χ1n) is 5.75. The second-order valence-corrected chi connectivity index (χ2v) is 3.88. The highest BCUT2D eigenvalue weighted by molar-refractivity contribution is 5.77. The van der Waals surface area contributed by atoms with Crippen molar-refractivity contribution in [3.63, 3.8) is 0 Å². The van der Waals surface area contributed by atoms with Gasteiger partial charge in [-0.1, -0.05) is 12.1 Å². The number of hydrogen-bond donors (Lipinski definition) is 0. The van der Waals surface area contributed by atoms with Gasteiger partial charge in [0.05, 0.1) is 17.6 Å². The van der Waals surface area contributed by atoms with Crippen LogP contribution >= 0.6 is 0 Å². The molecule has 0 aliphatic heterocycles. The summed E-state index contributed by atoms with van der Waals surface area (Å²) in [4.78, 5) is 27.7. The molecule has 0 fully saturated rings. The molecule has 0 spiro atoms.